The normalized spacial score (nSPS) is 22.0. The number of nitrogens with zero attached hydrogens (tertiary/aromatic N) is 1. The van der Waals surface area contributed by atoms with E-state index in [1.807, 2.05) is 6.92 Å². The van der Waals surface area contributed by atoms with Gasteiger partial charge in [0.2, 0.25) is 10.0 Å². The third kappa shape index (κ3) is 2.62. The summed E-state index contributed by atoms with van der Waals surface area (Å²) in [4.78, 5) is -0.137. The van der Waals surface area contributed by atoms with Crippen LogP contribution < -0.4 is 5.73 Å². The molecule has 1 heterocycles. The average molecular weight is 290 g/mol. The van der Waals surface area contributed by atoms with Crippen LogP contribution >= 0.6 is 11.8 Å². The Balaban J connectivity index is 2.38. The summed E-state index contributed by atoms with van der Waals surface area (Å²) in [6, 6.07) is 3.42. The van der Waals surface area contributed by atoms with Gasteiger partial charge in [0, 0.05) is 24.1 Å². The van der Waals surface area contributed by atoms with Crippen molar-refractivity contribution in [1.29, 1.82) is 0 Å². The first-order chi connectivity index (χ1) is 8.41. The SMILES string of the molecule is CC1CN(S(=O)(=O)c2cc(F)ccc2N)CCS1. The topological polar surface area (TPSA) is 63.4 Å². The van der Waals surface area contributed by atoms with Crippen LogP contribution in [0, 0.1) is 5.82 Å². The lowest BCUT2D eigenvalue weighted by molar-refractivity contribution is 0.424. The standard InChI is InChI=1S/C11H15FN2O2S2/c1-8-7-14(4-5-17-8)18(15,16)11-6-9(12)2-3-10(11)13/h2-3,6,8H,4-5,7,13H2,1H3. The molecule has 1 saturated heterocycles. The molecule has 4 nitrogen and oxygen atoms in total. The molecule has 0 aromatic heterocycles. The van der Waals surface area contributed by atoms with E-state index in [0.29, 0.717) is 13.1 Å². The lowest BCUT2D eigenvalue weighted by Gasteiger charge is -2.30. The first-order valence-corrected chi connectivity index (χ1v) is 8.07. The predicted molar refractivity (Wildman–Crippen MR) is 71.5 cm³/mol. The van der Waals surface area contributed by atoms with Crippen LogP contribution in [0.5, 0.6) is 0 Å². The molecule has 0 radical (unpaired) electrons. The predicted octanol–water partition coefficient (Wildman–Crippen LogP) is 1.53. The monoisotopic (exact) mass is 290 g/mol. The van der Waals surface area contributed by atoms with Gasteiger partial charge in [-0.05, 0) is 18.2 Å². The molecular weight excluding hydrogens is 275 g/mol. The molecule has 0 bridgehead atoms. The lowest BCUT2D eigenvalue weighted by atomic mass is 10.3. The van der Waals surface area contributed by atoms with Crippen molar-refractivity contribution in [3.8, 4) is 0 Å². The third-order valence-electron chi connectivity index (χ3n) is 2.80. The van der Waals surface area contributed by atoms with E-state index in [1.165, 1.54) is 10.4 Å². The molecule has 100 valence electrons. The Hall–Kier alpha value is -0.790. The molecule has 18 heavy (non-hydrogen) atoms. The van der Waals surface area contributed by atoms with Crippen LogP contribution in [-0.2, 0) is 10.0 Å². The molecule has 1 atom stereocenters. The quantitative estimate of drug-likeness (QED) is 0.839. The second kappa shape index (κ2) is 5.07. The Morgan fingerprint density at radius 1 is 1.50 bits per heavy atom. The molecule has 0 saturated carbocycles. The summed E-state index contributed by atoms with van der Waals surface area (Å²) in [7, 11) is -3.69. The van der Waals surface area contributed by atoms with Crippen LogP contribution in [0.2, 0.25) is 0 Å². The van der Waals surface area contributed by atoms with Gasteiger partial charge in [0.1, 0.15) is 10.7 Å². The minimum Gasteiger partial charge on any atom is -0.398 e. The van der Waals surface area contributed by atoms with E-state index in [1.54, 1.807) is 11.8 Å². The Kier molecular flexibility index (Phi) is 3.84. The van der Waals surface area contributed by atoms with Crippen molar-refractivity contribution in [2.75, 3.05) is 24.6 Å². The molecule has 1 fully saturated rings. The van der Waals surface area contributed by atoms with Crippen molar-refractivity contribution in [3.05, 3.63) is 24.0 Å². The van der Waals surface area contributed by atoms with E-state index in [-0.39, 0.29) is 15.8 Å². The Labute approximate surface area is 110 Å². The van der Waals surface area contributed by atoms with Crippen LogP contribution in [-0.4, -0.2) is 36.8 Å². The highest BCUT2D eigenvalue weighted by Gasteiger charge is 2.30. The largest absolute Gasteiger partial charge is 0.398 e. The Bertz CT molecular complexity index is 548. The molecule has 1 aromatic carbocycles. The number of halogens is 1. The molecule has 1 aliphatic rings. The van der Waals surface area contributed by atoms with Crippen LogP contribution in [0.25, 0.3) is 0 Å². The average Bonchev–Trinajstić information content (AvgIpc) is 2.32. The van der Waals surface area contributed by atoms with Crippen LogP contribution in [0.3, 0.4) is 0 Å². The second-order valence-electron chi connectivity index (χ2n) is 4.23. The van der Waals surface area contributed by atoms with E-state index in [0.717, 1.165) is 17.9 Å². The van der Waals surface area contributed by atoms with E-state index in [2.05, 4.69) is 0 Å². The zero-order valence-electron chi connectivity index (χ0n) is 9.97. The van der Waals surface area contributed by atoms with E-state index in [9.17, 15) is 12.8 Å². The van der Waals surface area contributed by atoms with Crippen molar-refractivity contribution in [2.24, 2.45) is 0 Å². The van der Waals surface area contributed by atoms with E-state index < -0.39 is 15.8 Å². The van der Waals surface area contributed by atoms with Gasteiger partial charge in [-0.2, -0.15) is 16.1 Å². The molecule has 2 rings (SSSR count). The van der Waals surface area contributed by atoms with Gasteiger partial charge in [-0.25, -0.2) is 12.8 Å². The van der Waals surface area contributed by atoms with Gasteiger partial charge in [0.15, 0.2) is 0 Å². The summed E-state index contributed by atoms with van der Waals surface area (Å²) in [5.41, 5.74) is 5.72. The van der Waals surface area contributed by atoms with Gasteiger partial charge < -0.3 is 5.73 Å². The number of nitrogen functional groups attached to an aromatic ring is 1. The maximum Gasteiger partial charge on any atom is 0.245 e. The number of sulfonamides is 1. The van der Waals surface area contributed by atoms with Crippen LogP contribution in [0.1, 0.15) is 6.92 Å². The minimum absolute atomic E-state index is 0.0854. The highest BCUT2D eigenvalue weighted by Crippen LogP contribution is 2.27. The van der Waals surface area contributed by atoms with Gasteiger partial charge >= 0.3 is 0 Å². The maximum atomic E-state index is 13.2. The number of rotatable bonds is 2. The molecular formula is C11H15FN2O2S2. The van der Waals surface area contributed by atoms with Gasteiger partial charge in [-0.15, -0.1) is 0 Å². The van der Waals surface area contributed by atoms with Crippen molar-refractivity contribution in [2.45, 2.75) is 17.1 Å². The van der Waals surface area contributed by atoms with E-state index >= 15 is 0 Å². The van der Waals surface area contributed by atoms with Crippen molar-refractivity contribution in [3.63, 3.8) is 0 Å². The summed E-state index contributed by atoms with van der Waals surface area (Å²) in [6.07, 6.45) is 0. The van der Waals surface area contributed by atoms with Gasteiger partial charge in [-0.3, -0.25) is 0 Å². The first-order valence-electron chi connectivity index (χ1n) is 5.58. The highest BCUT2D eigenvalue weighted by molar-refractivity contribution is 8.00. The second-order valence-corrected chi connectivity index (χ2v) is 7.68. The summed E-state index contributed by atoms with van der Waals surface area (Å²) in [5.74, 6) is 0.150. The molecule has 1 aliphatic heterocycles. The number of nitrogens with two attached hydrogens (primary N) is 1. The minimum atomic E-state index is -3.69. The summed E-state index contributed by atoms with van der Waals surface area (Å²) >= 11 is 1.73. The molecule has 0 spiro atoms. The van der Waals surface area contributed by atoms with E-state index in [4.69, 9.17) is 5.73 Å². The summed E-state index contributed by atoms with van der Waals surface area (Å²) < 4.78 is 39.3. The van der Waals surface area contributed by atoms with Crippen molar-refractivity contribution < 1.29 is 12.8 Å². The number of benzene rings is 1. The molecule has 7 heteroatoms. The van der Waals surface area contributed by atoms with Gasteiger partial charge in [0.05, 0.1) is 5.69 Å². The number of hydrogen-bond acceptors (Lipinski definition) is 4. The molecule has 2 N–H and O–H groups in total. The third-order valence-corrected chi connectivity index (χ3v) is 5.85. The zero-order valence-corrected chi connectivity index (χ0v) is 11.6. The van der Waals surface area contributed by atoms with Gasteiger partial charge in [-0.1, -0.05) is 6.92 Å². The fraction of sp³-hybridized carbons (Fsp3) is 0.455. The highest BCUT2D eigenvalue weighted by atomic mass is 32.2. The molecule has 0 amide bonds. The lowest BCUT2D eigenvalue weighted by Crippen LogP contribution is -2.41. The number of thioether (sulfide) groups is 1. The van der Waals surface area contributed by atoms with Crippen molar-refractivity contribution in [1.82, 2.24) is 4.31 Å². The fourth-order valence-electron chi connectivity index (χ4n) is 1.88. The fourth-order valence-corrected chi connectivity index (χ4v) is 4.76. The molecule has 1 unspecified atom stereocenters. The number of anilines is 1. The first kappa shape index (κ1) is 13.6. The maximum absolute atomic E-state index is 13.2. The van der Waals surface area contributed by atoms with Gasteiger partial charge in [0.25, 0.3) is 0 Å². The Morgan fingerprint density at radius 2 is 2.22 bits per heavy atom. The van der Waals surface area contributed by atoms with Crippen LogP contribution in [0.15, 0.2) is 23.1 Å². The Morgan fingerprint density at radius 3 is 2.89 bits per heavy atom. The van der Waals surface area contributed by atoms with Crippen LogP contribution in [0.4, 0.5) is 10.1 Å². The summed E-state index contributed by atoms with van der Waals surface area (Å²) in [5, 5.41) is 0.239. The summed E-state index contributed by atoms with van der Waals surface area (Å²) in [6.45, 7) is 2.84. The zero-order chi connectivity index (χ0) is 13.3. The number of hydrogen-bond donors (Lipinski definition) is 1. The molecule has 1 aromatic rings. The smallest absolute Gasteiger partial charge is 0.245 e. The molecule has 0 aliphatic carbocycles. The van der Waals surface area contributed by atoms with Crippen molar-refractivity contribution >= 4 is 27.5 Å².